The van der Waals surface area contributed by atoms with Crippen molar-refractivity contribution in [3.8, 4) is 0 Å². The van der Waals surface area contributed by atoms with E-state index in [1.54, 1.807) is 23.9 Å². The standard InChI is InChI=1S/C14H19N3O2/c1-16(14(19)7-8-15)11-4-5-12-10(9-11)3-6-13(18)17(12)2/h4-5,9H,3,6-8,15H2,1-2H3. The molecule has 1 heterocycles. The lowest BCUT2D eigenvalue weighted by Gasteiger charge is -2.27. The number of benzene rings is 1. The van der Waals surface area contributed by atoms with Crippen LogP contribution in [0.1, 0.15) is 18.4 Å². The van der Waals surface area contributed by atoms with Gasteiger partial charge in [0.15, 0.2) is 0 Å². The summed E-state index contributed by atoms with van der Waals surface area (Å²) in [5, 5.41) is 0. The molecule has 0 fully saturated rings. The molecule has 2 rings (SSSR count). The lowest BCUT2D eigenvalue weighted by Crippen LogP contribution is -2.32. The molecule has 0 saturated carbocycles. The van der Waals surface area contributed by atoms with Crippen LogP contribution in [-0.2, 0) is 16.0 Å². The van der Waals surface area contributed by atoms with E-state index in [0.717, 1.165) is 23.4 Å². The highest BCUT2D eigenvalue weighted by Crippen LogP contribution is 2.30. The van der Waals surface area contributed by atoms with E-state index < -0.39 is 0 Å². The van der Waals surface area contributed by atoms with Crippen molar-refractivity contribution < 1.29 is 9.59 Å². The van der Waals surface area contributed by atoms with Gasteiger partial charge in [-0.25, -0.2) is 0 Å². The molecule has 0 radical (unpaired) electrons. The molecule has 102 valence electrons. The normalized spacial score (nSPS) is 14.3. The smallest absolute Gasteiger partial charge is 0.227 e. The molecule has 0 aliphatic carbocycles. The van der Waals surface area contributed by atoms with E-state index in [9.17, 15) is 9.59 Å². The third-order valence-corrected chi connectivity index (χ3v) is 3.53. The lowest BCUT2D eigenvalue weighted by molar-refractivity contribution is -0.119. The van der Waals surface area contributed by atoms with Gasteiger partial charge in [-0.3, -0.25) is 9.59 Å². The Hall–Kier alpha value is -1.88. The Morgan fingerprint density at radius 3 is 2.84 bits per heavy atom. The first-order valence-corrected chi connectivity index (χ1v) is 6.40. The molecule has 0 saturated heterocycles. The Morgan fingerprint density at radius 2 is 2.16 bits per heavy atom. The summed E-state index contributed by atoms with van der Waals surface area (Å²) in [5.41, 5.74) is 8.28. The first-order chi connectivity index (χ1) is 9.04. The van der Waals surface area contributed by atoms with Crippen LogP contribution in [-0.4, -0.2) is 32.5 Å². The molecule has 1 aliphatic rings. The number of carbonyl (C=O) groups is 2. The fourth-order valence-corrected chi connectivity index (χ4v) is 2.29. The van der Waals surface area contributed by atoms with Crippen LogP contribution in [0.4, 0.5) is 11.4 Å². The molecule has 19 heavy (non-hydrogen) atoms. The van der Waals surface area contributed by atoms with Gasteiger partial charge in [0.25, 0.3) is 0 Å². The molecule has 2 N–H and O–H groups in total. The van der Waals surface area contributed by atoms with Gasteiger partial charge in [0, 0.05) is 44.9 Å². The predicted octanol–water partition coefficient (Wildman–Crippen LogP) is 0.907. The van der Waals surface area contributed by atoms with Crippen LogP contribution in [0.5, 0.6) is 0 Å². The average Bonchev–Trinajstić information content (AvgIpc) is 2.42. The zero-order chi connectivity index (χ0) is 14.0. The fourth-order valence-electron chi connectivity index (χ4n) is 2.29. The monoisotopic (exact) mass is 261 g/mol. The van der Waals surface area contributed by atoms with E-state index in [4.69, 9.17) is 5.73 Å². The third-order valence-electron chi connectivity index (χ3n) is 3.53. The second kappa shape index (κ2) is 5.40. The number of hydrogen-bond donors (Lipinski definition) is 1. The first-order valence-electron chi connectivity index (χ1n) is 6.40. The van der Waals surface area contributed by atoms with Gasteiger partial charge < -0.3 is 15.5 Å². The molecule has 0 unspecified atom stereocenters. The summed E-state index contributed by atoms with van der Waals surface area (Å²) in [6.07, 6.45) is 1.59. The summed E-state index contributed by atoms with van der Waals surface area (Å²) in [6.45, 7) is 0.353. The molecule has 0 aromatic heterocycles. The molecule has 0 atom stereocenters. The van der Waals surface area contributed by atoms with Crippen LogP contribution < -0.4 is 15.5 Å². The van der Waals surface area contributed by atoms with Crippen molar-refractivity contribution in [3.05, 3.63) is 23.8 Å². The molecule has 1 aromatic carbocycles. The van der Waals surface area contributed by atoms with E-state index >= 15 is 0 Å². The van der Waals surface area contributed by atoms with Crippen LogP contribution in [0, 0.1) is 0 Å². The quantitative estimate of drug-likeness (QED) is 0.879. The van der Waals surface area contributed by atoms with Crippen LogP contribution in [0.3, 0.4) is 0 Å². The van der Waals surface area contributed by atoms with Crippen molar-refractivity contribution in [1.82, 2.24) is 0 Å². The van der Waals surface area contributed by atoms with Gasteiger partial charge in [0.2, 0.25) is 11.8 Å². The van der Waals surface area contributed by atoms with Crippen LogP contribution >= 0.6 is 0 Å². The number of carbonyl (C=O) groups excluding carboxylic acids is 2. The number of anilines is 2. The molecule has 2 amide bonds. The molecule has 5 heteroatoms. The summed E-state index contributed by atoms with van der Waals surface area (Å²) in [5.74, 6) is 0.135. The Bertz CT molecular complexity index is 513. The van der Waals surface area contributed by atoms with Crippen molar-refractivity contribution >= 4 is 23.2 Å². The van der Waals surface area contributed by atoms with Gasteiger partial charge in [0.1, 0.15) is 0 Å². The summed E-state index contributed by atoms with van der Waals surface area (Å²) >= 11 is 0. The van der Waals surface area contributed by atoms with Crippen molar-refractivity contribution in [3.63, 3.8) is 0 Å². The molecule has 1 aliphatic heterocycles. The zero-order valence-electron chi connectivity index (χ0n) is 11.3. The Labute approximate surface area is 113 Å². The molecular formula is C14H19N3O2. The Morgan fingerprint density at radius 1 is 1.42 bits per heavy atom. The fraction of sp³-hybridized carbons (Fsp3) is 0.429. The highest BCUT2D eigenvalue weighted by atomic mass is 16.2. The van der Waals surface area contributed by atoms with E-state index in [1.807, 2.05) is 18.2 Å². The SMILES string of the molecule is CN(C(=O)CCN)c1ccc2c(c1)CCC(=O)N2C. The Kier molecular flexibility index (Phi) is 3.85. The topological polar surface area (TPSA) is 66.6 Å². The maximum absolute atomic E-state index is 11.8. The van der Waals surface area contributed by atoms with Crippen molar-refractivity contribution in [2.75, 3.05) is 30.4 Å². The molecular weight excluding hydrogens is 242 g/mol. The highest BCUT2D eigenvalue weighted by Gasteiger charge is 2.21. The maximum atomic E-state index is 11.8. The van der Waals surface area contributed by atoms with Gasteiger partial charge >= 0.3 is 0 Å². The minimum absolute atomic E-state index is 0.00249. The van der Waals surface area contributed by atoms with E-state index in [0.29, 0.717) is 19.4 Å². The van der Waals surface area contributed by atoms with Crippen molar-refractivity contribution in [2.45, 2.75) is 19.3 Å². The number of nitrogens with two attached hydrogens (primary N) is 1. The van der Waals surface area contributed by atoms with Crippen molar-refractivity contribution in [1.29, 1.82) is 0 Å². The number of nitrogens with zero attached hydrogens (tertiary/aromatic N) is 2. The average molecular weight is 261 g/mol. The molecule has 5 nitrogen and oxygen atoms in total. The van der Waals surface area contributed by atoms with Crippen LogP contribution in [0.25, 0.3) is 0 Å². The van der Waals surface area contributed by atoms with Crippen molar-refractivity contribution in [2.24, 2.45) is 5.73 Å². The largest absolute Gasteiger partial charge is 0.330 e. The number of fused-ring (bicyclic) bond motifs is 1. The van der Waals surface area contributed by atoms with Gasteiger partial charge in [-0.2, -0.15) is 0 Å². The van der Waals surface area contributed by atoms with Gasteiger partial charge in [-0.1, -0.05) is 0 Å². The minimum Gasteiger partial charge on any atom is -0.330 e. The number of aryl methyl sites for hydroxylation is 1. The van der Waals surface area contributed by atoms with E-state index in [2.05, 4.69) is 0 Å². The summed E-state index contributed by atoms with van der Waals surface area (Å²) in [4.78, 5) is 26.7. The third kappa shape index (κ3) is 2.61. The zero-order valence-corrected chi connectivity index (χ0v) is 11.3. The Balaban J connectivity index is 2.27. The molecule has 1 aromatic rings. The van der Waals surface area contributed by atoms with E-state index in [1.165, 1.54) is 0 Å². The highest BCUT2D eigenvalue weighted by molar-refractivity contribution is 5.97. The van der Waals surface area contributed by atoms with Gasteiger partial charge in [0.05, 0.1) is 0 Å². The van der Waals surface area contributed by atoms with Crippen LogP contribution in [0.15, 0.2) is 18.2 Å². The van der Waals surface area contributed by atoms with E-state index in [-0.39, 0.29) is 11.8 Å². The predicted molar refractivity (Wildman–Crippen MR) is 75.3 cm³/mol. The summed E-state index contributed by atoms with van der Waals surface area (Å²) in [6, 6.07) is 5.74. The number of hydrogen-bond acceptors (Lipinski definition) is 3. The summed E-state index contributed by atoms with van der Waals surface area (Å²) in [7, 11) is 3.53. The van der Waals surface area contributed by atoms with Gasteiger partial charge in [-0.15, -0.1) is 0 Å². The minimum atomic E-state index is 0.00249. The lowest BCUT2D eigenvalue weighted by atomic mass is 10.0. The second-order valence-electron chi connectivity index (χ2n) is 4.76. The number of rotatable bonds is 3. The molecule has 0 bridgehead atoms. The number of amides is 2. The second-order valence-corrected chi connectivity index (χ2v) is 4.76. The molecule has 0 spiro atoms. The van der Waals surface area contributed by atoms with Gasteiger partial charge in [-0.05, 0) is 30.2 Å². The first kappa shape index (κ1) is 13.5. The summed E-state index contributed by atoms with van der Waals surface area (Å²) < 4.78 is 0. The maximum Gasteiger partial charge on any atom is 0.227 e. The van der Waals surface area contributed by atoms with Crippen LogP contribution in [0.2, 0.25) is 0 Å².